The Kier molecular flexibility index (Phi) is 15.2. The van der Waals surface area contributed by atoms with Gasteiger partial charge in [0.25, 0.3) is 0 Å². The SMILES string of the molecule is COc1ccc(C[N+]2(C)CCC[C@H](N(C(=O)Nc3ccc(OS(=O)(=O)c4ccccc4Br)cc3)C(=O)[C@@H](N)Cc3ccc(O)cc3)C2)cc1OC.O=C([O-])C(F)(F)F. The minimum Gasteiger partial charge on any atom is -0.542 e. The van der Waals surface area contributed by atoms with Crippen molar-refractivity contribution in [2.24, 2.45) is 5.73 Å². The number of aliphatic carboxylic acids is 1. The number of phenols is 1. The lowest BCUT2D eigenvalue weighted by Crippen LogP contribution is -2.62. The zero-order chi connectivity index (χ0) is 42.8. The van der Waals surface area contributed by atoms with Crippen LogP contribution in [0.25, 0.3) is 0 Å². The van der Waals surface area contributed by atoms with E-state index in [9.17, 15) is 36.3 Å². The molecule has 1 saturated heterocycles. The number of alkyl halides is 3. The molecule has 4 N–H and O–H groups in total. The summed E-state index contributed by atoms with van der Waals surface area (Å²) in [6, 6.07) is 22.2. The first-order valence-electron chi connectivity index (χ1n) is 17.5. The van der Waals surface area contributed by atoms with E-state index in [4.69, 9.17) is 29.3 Å². The van der Waals surface area contributed by atoms with Crippen molar-refractivity contribution in [2.75, 3.05) is 39.7 Å². The fourth-order valence-corrected chi connectivity index (χ4v) is 8.25. The van der Waals surface area contributed by atoms with E-state index in [-0.39, 0.29) is 22.8 Å². The number of imide groups is 1. The van der Waals surface area contributed by atoms with Crippen molar-refractivity contribution in [1.82, 2.24) is 4.90 Å². The summed E-state index contributed by atoms with van der Waals surface area (Å²) in [5, 5.41) is 21.3. The zero-order valence-electron chi connectivity index (χ0n) is 31.6. The first kappa shape index (κ1) is 45.3. The number of ether oxygens (including phenoxy) is 2. The van der Waals surface area contributed by atoms with Crippen molar-refractivity contribution in [3.05, 3.63) is 107 Å². The van der Waals surface area contributed by atoms with Gasteiger partial charge in [0.05, 0.1) is 39.9 Å². The predicted molar refractivity (Wildman–Crippen MR) is 207 cm³/mol. The quantitative estimate of drug-likeness (QED) is 0.128. The number of nitrogens with one attached hydrogen (secondary N) is 1. The maximum absolute atomic E-state index is 14.1. The molecule has 0 aromatic heterocycles. The van der Waals surface area contributed by atoms with Crippen molar-refractivity contribution in [2.45, 2.75) is 49.0 Å². The summed E-state index contributed by atoms with van der Waals surface area (Å²) in [5.41, 5.74) is 8.56. The molecular weight excluding hydrogens is 853 g/mol. The van der Waals surface area contributed by atoms with Crippen LogP contribution in [0.3, 0.4) is 0 Å². The second-order valence-electron chi connectivity index (χ2n) is 13.6. The van der Waals surface area contributed by atoms with Gasteiger partial charge < -0.3 is 44.2 Å². The molecule has 1 unspecified atom stereocenters. The van der Waals surface area contributed by atoms with Gasteiger partial charge in [0.1, 0.15) is 35.5 Å². The number of nitrogens with two attached hydrogens (primary N) is 1. The van der Waals surface area contributed by atoms with E-state index < -0.39 is 46.3 Å². The third kappa shape index (κ3) is 12.3. The fourth-order valence-electron chi connectivity index (χ4n) is 6.37. The van der Waals surface area contributed by atoms with Gasteiger partial charge >= 0.3 is 22.3 Å². The van der Waals surface area contributed by atoms with E-state index >= 15 is 0 Å². The number of anilines is 1. The molecule has 4 aromatic carbocycles. The number of likely N-dealkylation sites (tertiary alicyclic amines) is 1. The summed E-state index contributed by atoms with van der Waals surface area (Å²) in [7, 11) is 1.14. The average molecular weight is 896 g/mol. The van der Waals surface area contributed by atoms with Crippen LogP contribution in [0.15, 0.2) is 100 Å². The number of benzene rings is 4. The van der Waals surface area contributed by atoms with Crippen LogP contribution in [0.1, 0.15) is 24.0 Å². The van der Waals surface area contributed by atoms with Crippen LogP contribution in [-0.4, -0.2) is 93.4 Å². The molecule has 19 heteroatoms. The molecule has 0 aliphatic carbocycles. The van der Waals surface area contributed by atoms with Gasteiger partial charge in [-0.1, -0.05) is 24.3 Å². The number of carboxylic acids is 1. The van der Waals surface area contributed by atoms with Crippen LogP contribution >= 0.6 is 15.9 Å². The first-order valence-corrected chi connectivity index (χ1v) is 19.7. The van der Waals surface area contributed by atoms with E-state index in [1.54, 1.807) is 44.6 Å². The maximum Gasteiger partial charge on any atom is 0.430 e. The van der Waals surface area contributed by atoms with Gasteiger partial charge in [-0.15, -0.1) is 0 Å². The molecular formula is C39H42BrF3N4O10S. The molecule has 3 atom stereocenters. The Hall–Kier alpha value is -5.37. The Balaban J connectivity index is 0.000000973. The molecule has 312 valence electrons. The number of amides is 3. The molecule has 14 nitrogen and oxygen atoms in total. The van der Waals surface area contributed by atoms with Crippen LogP contribution in [0, 0.1) is 0 Å². The number of hydrogen-bond donors (Lipinski definition) is 3. The molecule has 4 aromatic rings. The second-order valence-corrected chi connectivity index (χ2v) is 15.9. The number of carbonyl (C=O) groups is 3. The Labute approximate surface area is 341 Å². The fraction of sp³-hybridized carbons (Fsp3) is 0.308. The highest BCUT2D eigenvalue weighted by Crippen LogP contribution is 2.32. The minimum absolute atomic E-state index is 0.0239. The molecule has 1 fully saturated rings. The molecule has 3 amide bonds. The normalized spacial score (nSPS) is 17.1. The zero-order valence-corrected chi connectivity index (χ0v) is 34.0. The predicted octanol–water partition coefficient (Wildman–Crippen LogP) is 4.98. The number of carbonyl (C=O) groups excluding carboxylic acids is 3. The maximum atomic E-state index is 14.1. The number of likely N-dealkylation sites (N-methyl/N-ethyl adjacent to an activating group) is 1. The third-order valence-corrected chi connectivity index (χ3v) is 11.3. The minimum atomic E-state index is -5.19. The van der Waals surface area contributed by atoms with Crippen LogP contribution < -0.4 is 29.8 Å². The van der Waals surface area contributed by atoms with Crippen LogP contribution in [0.4, 0.5) is 23.7 Å². The van der Waals surface area contributed by atoms with Gasteiger partial charge in [0.2, 0.25) is 5.91 Å². The lowest BCUT2D eigenvalue weighted by molar-refractivity contribution is -0.928. The van der Waals surface area contributed by atoms with Gasteiger partial charge in [-0.2, -0.15) is 21.6 Å². The number of carboxylic acid groups (broad SMARTS) is 1. The Morgan fingerprint density at radius 3 is 2.17 bits per heavy atom. The van der Waals surface area contributed by atoms with Gasteiger partial charge in [-0.25, -0.2) is 4.79 Å². The molecule has 1 aliphatic heterocycles. The Morgan fingerprint density at radius 1 is 0.983 bits per heavy atom. The molecule has 1 heterocycles. The number of nitrogens with zero attached hydrogens (tertiary/aromatic N) is 2. The monoisotopic (exact) mass is 894 g/mol. The number of halogens is 4. The van der Waals surface area contributed by atoms with Crippen molar-refractivity contribution in [3.63, 3.8) is 0 Å². The lowest BCUT2D eigenvalue weighted by atomic mass is 9.98. The van der Waals surface area contributed by atoms with Crippen molar-refractivity contribution in [3.8, 4) is 23.0 Å². The van der Waals surface area contributed by atoms with Crippen LogP contribution in [0.2, 0.25) is 0 Å². The van der Waals surface area contributed by atoms with Gasteiger partial charge in [-0.3, -0.25) is 9.69 Å². The summed E-state index contributed by atoms with van der Waals surface area (Å²) < 4.78 is 74.4. The van der Waals surface area contributed by atoms with E-state index in [1.807, 2.05) is 18.2 Å². The average Bonchev–Trinajstić information content (AvgIpc) is 3.16. The smallest absolute Gasteiger partial charge is 0.430 e. The largest absolute Gasteiger partial charge is 0.542 e. The highest BCUT2D eigenvalue weighted by atomic mass is 79.9. The number of hydrogen-bond acceptors (Lipinski definition) is 11. The molecule has 58 heavy (non-hydrogen) atoms. The topological polar surface area (TPSA) is 198 Å². The van der Waals surface area contributed by atoms with Crippen LogP contribution in [-0.2, 0) is 32.7 Å². The molecule has 0 bridgehead atoms. The number of phenolic OH excluding ortho intramolecular Hbond substituents is 1. The number of urea groups is 1. The number of methoxy groups -OCH3 is 2. The Bertz CT molecular complexity index is 2180. The van der Waals surface area contributed by atoms with Gasteiger partial charge in [0.15, 0.2) is 11.5 Å². The van der Waals surface area contributed by atoms with Crippen molar-refractivity contribution in [1.29, 1.82) is 0 Å². The molecule has 1 aliphatic rings. The molecule has 0 radical (unpaired) electrons. The highest BCUT2D eigenvalue weighted by molar-refractivity contribution is 9.10. The van der Waals surface area contributed by atoms with E-state index in [1.165, 1.54) is 47.4 Å². The van der Waals surface area contributed by atoms with Gasteiger partial charge in [-0.05, 0) is 107 Å². The number of piperidine rings is 1. The molecule has 0 spiro atoms. The summed E-state index contributed by atoms with van der Waals surface area (Å²) in [5.74, 6) is -2.16. The first-order chi connectivity index (χ1) is 27.2. The summed E-state index contributed by atoms with van der Waals surface area (Å²) in [6.45, 7) is 1.95. The van der Waals surface area contributed by atoms with E-state index in [2.05, 4.69) is 28.3 Å². The summed E-state index contributed by atoms with van der Waals surface area (Å²) in [4.78, 5) is 38.1. The lowest BCUT2D eigenvalue weighted by Gasteiger charge is -2.44. The second kappa shape index (κ2) is 19.4. The molecule has 0 saturated carbocycles. The number of quaternary nitrogens is 1. The highest BCUT2D eigenvalue weighted by Gasteiger charge is 2.41. The van der Waals surface area contributed by atoms with E-state index in [0.29, 0.717) is 45.7 Å². The van der Waals surface area contributed by atoms with Crippen LogP contribution in [0.5, 0.6) is 23.0 Å². The molecule has 5 rings (SSSR count). The third-order valence-electron chi connectivity index (χ3n) is 9.08. The number of aromatic hydroxyl groups is 1. The van der Waals surface area contributed by atoms with Crippen molar-refractivity contribution < 1.29 is 64.3 Å². The summed E-state index contributed by atoms with van der Waals surface area (Å²) >= 11 is 3.24. The van der Waals surface area contributed by atoms with Crippen molar-refractivity contribution >= 4 is 49.6 Å². The number of rotatable bonds is 12. The van der Waals surface area contributed by atoms with Gasteiger partial charge in [0, 0.05) is 15.7 Å². The Morgan fingerprint density at radius 2 is 1.59 bits per heavy atom. The standard InChI is InChI=1S/C37H41BrN4O8S.C2HF3O2/c1-42(23-26-12-19-33(48-2)34(22-26)49-3)20-6-7-28(24-42)41(36(44)32(39)21-25-10-15-29(43)16-11-25)37(45)40-27-13-17-30(18-14-27)50-51(46,47)35-9-5-4-8-31(35)38;3-2(4,5)1(6)7/h4-5,8-19,22,28,32H,6-7,20-21,23-24,39H2,1-3H3,(H-,40,43,45);(H,6,7)/t28-,32-,42?;/m0./s1. The summed E-state index contributed by atoms with van der Waals surface area (Å²) in [6.07, 6.45) is -3.69. The van der Waals surface area contributed by atoms with E-state index in [0.717, 1.165) is 24.1 Å².